The lowest BCUT2D eigenvalue weighted by atomic mass is 9.97. The van der Waals surface area contributed by atoms with Crippen LogP contribution in [0.1, 0.15) is 0 Å². The van der Waals surface area contributed by atoms with E-state index in [4.69, 9.17) is 5.11 Å². The Bertz CT molecular complexity index is 141. The highest BCUT2D eigenvalue weighted by Crippen LogP contribution is 2.12. The Morgan fingerprint density at radius 3 is 2.33 bits per heavy atom. The number of hydrogen-bond donors (Lipinski definition) is 5. The maximum absolute atomic E-state index is 9.38. The number of aliphatic hydroxyl groups excluding tert-OH is 4. The van der Waals surface area contributed by atoms with E-state index < -0.39 is 24.2 Å². The average Bonchev–Trinajstić information content (AvgIpc) is 2.19. The fourth-order valence-corrected chi connectivity index (χ4v) is 1.34. The second-order valence-corrected chi connectivity index (χ2v) is 3.15. The van der Waals surface area contributed by atoms with Gasteiger partial charge in [-0.15, -0.1) is 0 Å². The molecule has 0 amide bonds. The van der Waals surface area contributed by atoms with Gasteiger partial charge in [0.15, 0.2) is 0 Å². The van der Waals surface area contributed by atoms with Gasteiger partial charge in [0.25, 0.3) is 0 Å². The zero-order chi connectivity index (χ0) is 9.14. The van der Waals surface area contributed by atoms with Gasteiger partial charge in [-0.05, 0) is 0 Å². The van der Waals surface area contributed by atoms with Crippen molar-refractivity contribution >= 4 is 0 Å². The van der Waals surface area contributed by atoms with Crippen molar-refractivity contribution in [2.45, 2.75) is 18.3 Å². The molecule has 0 unspecified atom stereocenters. The highest BCUT2D eigenvalue weighted by molar-refractivity contribution is 4.86. The predicted octanol–water partition coefficient (Wildman–Crippen LogP) is -2.72. The highest BCUT2D eigenvalue weighted by atomic mass is 16.4. The number of nitrogens with one attached hydrogen (secondary N) is 1. The summed E-state index contributed by atoms with van der Waals surface area (Å²) in [4.78, 5) is 0. The summed E-state index contributed by atoms with van der Waals surface area (Å²) in [6, 6.07) is 0. The summed E-state index contributed by atoms with van der Waals surface area (Å²) in [7, 11) is 0. The van der Waals surface area contributed by atoms with Crippen LogP contribution in [0.2, 0.25) is 0 Å². The van der Waals surface area contributed by atoms with Gasteiger partial charge in [-0.3, -0.25) is 0 Å². The predicted molar refractivity (Wildman–Crippen MR) is 41.5 cm³/mol. The second-order valence-electron chi connectivity index (χ2n) is 3.15. The fraction of sp³-hybridized carbons (Fsp3) is 1.00. The molecule has 0 saturated carbocycles. The first-order valence-corrected chi connectivity index (χ1v) is 4.02. The van der Waals surface area contributed by atoms with Crippen molar-refractivity contribution in [2.75, 3.05) is 19.7 Å². The van der Waals surface area contributed by atoms with E-state index in [-0.39, 0.29) is 13.2 Å². The van der Waals surface area contributed by atoms with Gasteiger partial charge in [0.2, 0.25) is 0 Å². The minimum atomic E-state index is -1.17. The summed E-state index contributed by atoms with van der Waals surface area (Å²) < 4.78 is 0. The molecule has 0 aliphatic carbocycles. The third-order valence-corrected chi connectivity index (χ3v) is 2.22. The van der Waals surface area contributed by atoms with Gasteiger partial charge in [0.1, 0.15) is 6.10 Å². The number of β-amino-alcohol motifs (C(OH)–C–C–N with tert-alkyl or cyclic N) is 1. The van der Waals surface area contributed by atoms with E-state index in [1.54, 1.807) is 0 Å². The summed E-state index contributed by atoms with van der Waals surface area (Å²) in [5, 5.41) is 39.5. The van der Waals surface area contributed by atoms with Crippen LogP contribution >= 0.6 is 0 Å². The van der Waals surface area contributed by atoms with E-state index in [0.717, 1.165) is 0 Å². The van der Waals surface area contributed by atoms with Gasteiger partial charge in [-0.1, -0.05) is 0 Å². The molecule has 1 rings (SSSR count). The normalized spacial score (nSPS) is 44.0. The van der Waals surface area contributed by atoms with Crippen molar-refractivity contribution in [3.63, 3.8) is 0 Å². The fourth-order valence-electron chi connectivity index (χ4n) is 1.34. The van der Waals surface area contributed by atoms with Crippen LogP contribution in [0.3, 0.4) is 0 Å². The van der Waals surface area contributed by atoms with Crippen LogP contribution in [-0.2, 0) is 0 Å². The van der Waals surface area contributed by atoms with Crippen molar-refractivity contribution in [3.8, 4) is 0 Å². The Morgan fingerprint density at radius 2 is 1.75 bits per heavy atom. The van der Waals surface area contributed by atoms with Gasteiger partial charge >= 0.3 is 0 Å². The zero-order valence-corrected chi connectivity index (χ0v) is 6.72. The summed E-state index contributed by atoms with van der Waals surface area (Å²) in [6.07, 6.45) is -3.19. The smallest absolute Gasteiger partial charge is 0.107 e. The lowest BCUT2D eigenvalue weighted by Crippen LogP contribution is -2.42. The molecule has 5 N–H and O–H groups in total. The zero-order valence-electron chi connectivity index (χ0n) is 6.72. The molecule has 12 heavy (non-hydrogen) atoms. The molecular formula is C7H15NO4. The van der Waals surface area contributed by atoms with Crippen molar-refractivity contribution in [2.24, 2.45) is 5.92 Å². The molecule has 0 aromatic rings. The van der Waals surface area contributed by atoms with E-state index in [1.165, 1.54) is 0 Å². The molecule has 0 radical (unpaired) electrons. The maximum atomic E-state index is 9.38. The molecule has 72 valence electrons. The lowest BCUT2D eigenvalue weighted by Gasteiger charge is -2.23. The third kappa shape index (κ3) is 1.94. The Morgan fingerprint density at radius 1 is 1.08 bits per heavy atom. The Kier molecular flexibility index (Phi) is 3.42. The van der Waals surface area contributed by atoms with Gasteiger partial charge in [-0.2, -0.15) is 0 Å². The van der Waals surface area contributed by atoms with Crippen LogP contribution in [-0.4, -0.2) is 58.4 Å². The van der Waals surface area contributed by atoms with E-state index >= 15 is 0 Å². The molecule has 4 atom stereocenters. The average molecular weight is 177 g/mol. The standard InChI is InChI=1S/C7H15NO4/c9-3-4-1-8-2-5(10)7(12)6(4)11/h4-12H,1-3H2/t4-,5+,6-,7-/m1/s1. The summed E-state index contributed by atoms with van der Waals surface area (Å²) in [5.74, 6) is -0.405. The first kappa shape index (κ1) is 9.88. The molecule has 1 aliphatic rings. The van der Waals surface area contributed by atoms with Crippen molar-refractivity contribution in [1.29, 1.82) is 0 Å². The Hall–Kier alpha value is -0.200. The van der Waals surface area contributed by atoms with E-state index in [1.807, 2.05) is 0 Å². The van der Waals surface area contributed by atoms with Crippen LogP contribution in [0.4, 0.5) is 0 Å². The van der Waals surface area contributed by atoms with E-state index in [9.17, 15) is 15.3 Å². The van der Waals surface area contributed by atoms with Crippen molar-refractivity contribution in [3.05, 3.63) is 0 Å². The Balaban J connectivity index is 2.59. The summed E-state index contributed by atoms with van der Waals surface area (Å²) in [5.41, 5.74) is 0. The molecule has 0 aromatic carbocycles. The Labute approximate surface area is 70.6 Å². The minimum absolute atomic E-state index is 0.196. The van der Waals surface area contributed by atoms with Gasteiger partial charge in [0.05, 0.1) is 12.2 Å². The SMILES string of the molecule is OC[C@H]1CNC[C@H](O)[C@@H](O)[C@@H]1O. The molecule has 5 heteroatoms. The van der Waals surface area contributed by atoms with Crippen LogP contribution in [0.5, 0.6) is 0 Å². The van der Waals surface area contributed by atoms with Crippen LogP contribution < -0.4 is 5.32 Å². The second kappa shape index (κ2) is 4.15. The quantitative estimate of drug-likeness (QED) is 0.300. The number of aliphatic hydroxyl groups is 4. The highest BCUT2D eigenvalue weighted by Gasteiger charge is 2.33. The molecule has 1 fully saturated rings. The molecule has 1 heterocycles. The molecule has 1 aliphatic heterocycles. The van der Waals surface area contributed by atoms with E-state index in [0.29, 0.717) is 6.54 Å². The topological polar surface area (TPSA) is 93.0 Å². The molecule has 0 spiro atoms. The summed E-state index contributed by atoms with van der Waals surface area (Å²) >= 11 is 0. The monoisotopic (exact) mass is 177 g/mol. The van der Waals surface area contributed by atoms with E-state index in [2.05, 4.69) is 5.32 Å². The van der Waals surface area contributed by atoms with Gasteiger partial charge < -0.3 is 25.7 Å². The third-order valence-electron chi connectivity index (χ3n) is 2.22. The largest absolute Gasteiger partial charge is 0.396 e. The van der Waals surface area contributed by atoms with Gasteiger partial charge in [0, 0.05) is 25.6 Å². The summed E-state index contributed by atoms with van der Waals surface area (Å²) in [6.45, 7) is 0.457. The first-order chi connectivity index (χ1) is 5.66. The molecule has 0 bridgehead atoms. The number of hydrogen-bond acceptors (Lipinski definition) is 5. The maximum Gasteiger partial charge on any atom is 0.107 e. The van der Waals surface area contributed by atoms with Gasteiger partial charge in [-0.25, -0.2) is 0 Å². The molecule has 5 nitrogen and oxygen atoms in total. The van der Waals surface area contributed by atoms with Crippen LogP contribution in [0, 0.1) is 5.92 Å². The molecule has 1 saturated heterocycles. The minimum Gasteiger partial charge on any atom is -0.396 e. The lowest BCUT2D eigenvalue weighted by molar-refractivity contribution is -0.0743. The number of rotatable bonds is 1. The van der Waals surface area contributed by atoms with Crippen LogP contribution in [0.15, 0.2) is 0 Å². The first-order valence-electron chi connectivity index (χ1n) is 4.02. The molecule has 0 aromatic heterocycles. The van der Waals surface area contributed by atoms with Crippen molar-refractivity contribution in [1.82, 2.24) is 5.32 Å². The van der Waals surface area contributed by atoms with Crippen molar-refractivity contribution < 1.29 is 20.4 Å². The molecular weight excluding hydrogens is 162 g/mol. The van der Waals surface area contributed by atoms with Crippen LogP contribution in [0.25, 0.3) is 0 Å².